The lowest BCUT2D eigenvalue weighted by atomic mass is 9.86. The summed E-state index contributed by atoms with van der Waals surface area (Å²) in [5, 5.41) is 1.22. The average Bonchev–Trinajstić information content (AvgIpc) is 3.29. The lowest BCUT2D eigenvalue weighted by Crippen LogP contribution is -2.46. The third-order valence-corrected chi connectivity index (χ3v) is 7.84. The summed E-state index contributed by atoms with van der Waals surface area (Å²) in [6.45, 7) is 12.6. The molecule has 0 amide bonds. The molecule has 3 nitrogen and oxygen atoms in total. The molecule has 2 heterocycles. The van der Waals surface area contributed by atoms with Gasteiger partial charge in [-0.3, -0.25) is 9.29 Å². The molecular formula is C36H45FN2O. The monoisotopic (exact) mass is 540 g/mol. The second-order valence-electron chi connectivity index (χ2n) is 10.4. The van der Waals surface area contributed by atoms with Gasteiger partial charge < -0.3 is 9.72 Å². The SMILES string of the molecule is CC.CC.COc1ccc2c(c1)CCCC(c1ccccc1C)=C2c1ccc2[nH]c(CN3CC(CF)C3)cc2c1. The number of halogens is 1. The minimum Gasteiger partial charge on any atom is -0.497 e. The number of nitrogens with one attached hydrogen (secondary N) is 1. The van der Waals surface area contributed by atoms with Gasteiger partial charge in [-0.2, -0.15) is 0 Å². The number of methoxy groups -OCH3 is 1. The highest BCUT2D eigenvalue weighted by Gasteiger charge is 2.27. The highest BCUT2D eigenvalue weighted by Crippen LogP contribution is 2.42. The third kappa shape index (κ3) is 6.18. The minimum atomic E-state index is -0.210. The number of hydrogen-bond acceptors (Lipinski definition) is 2. The van der Waals surface area contributed by atoms with Crippen LogP contribution in [0.1, 0.15) is 74.0 Å². The zero-order valence-electron chi connectivity index (χ0n) is 25.1. The van der Waals surface area contributed by atoms with E-state index in [1.54, 1.807) is 7.11 Å². The molecule has 4 heteroatoms. The molecular weight excluding hydrogens is 495 g/mol. The number of alkyl halides is 1. The molecule has 40 heavy (non-hydrogen) atoms. The van der Waals surface area contributed by atoms with Gasteiger partial charge in [0.2, 0.25) is 0 Å². The van der Waals surface area contributed by atoms with Gasteiger partial charge in [-0.05, 0) is 95.5 Å². The summed E-state index contributed by atoms with van der Waals surface area (Å²) >= 11 is 0. The van der Waals surface area contributed by atoms with E-state index in [-0.39, 0.29) is 12.6 Å². The summed E-state index contributed by atoms with van der Waals surface area (Å²) < 4.78 is 18.4. The van der Waals surface area contributed by atoms with Crippen molar-refractivity contribution in [3.8, 4) is 5.75 Å². The van der Waals surface area contributed by atoms with Gasteiger partial charge in [0.05, 0.1) is 13.8 Å². The van der Waals surface area contributed by atoms with Crippen LogP contribution in [-0.2, 0) is 13.0 Å². The normalized spacial score (nSPS) is 15.3. The molecule has 212 valence electrons. The van der Waals surface area contributed by atoms with E-state index in [0.717, 1.165) is 50.2 Å². The first kappa shape index (κ1) is 29.6. The fraction of sp³-hybridized carbons (Fsp3) is 0.389. The number of hydrogen-bond donors (Lipinski definition) is 1. The Balaban J connectivity index is 0.000000886. The molecule has 4 aromatic rings. The van der Waals surface area contributed by atoms with Crippen molar-refractivity contribution in [1.29, 1.82) is 0 Å². The Morgan fingerprint density at radius 3 is 2.40 bits per heavy atom. The van der Waals surface area contributed by atoms with Crippen molar-refractivity contribution in [2.24, 2.45) is 5.92 Å². The maximum atomic E-state index is 12.8. The molecule has 0 saturated carbocycles. The maximum absolute atomic E-state index is 12.8. The number of H-pyrrole nitrogens is 1. The zero-order chi connectivity index (χ0) is 28.6. The van der Waals surface area contributed by atoms with Crippen LogP contribution in [0.25, 0.3) is 22.0 Å². The molecule has 1 fully saturated rings. The molecule has 1 N–H and O–H groups in total. The van der Waals surface area contributed by atoms with Crippen LogP contribution in [0.5, 0.6) is 5.75 Å². The quantitative estimate of drug-likeness (QED) is 0.264. The first-order chi connectivity index (χ1) is 19.6. The average molecular weight is 541 g/mol. The molecule has 2 aliphatic rings. The van der Waals surface area contributed by atoms with Gasteiger partial charge in [0, 0.05) is 42.1 Å². The first-order valence-electron chi connectivity index (χ1n) is 15.0. The van der Waals surface area contributed by atoms with Crippen LogP contribution in [0.15, 0.2) is 66.7 Å². The van der Waals surface area contributed by atoms with E-state index in [4.69, 9.17) is 4.74 Å². The molecule has 1 aliphatic heterocycles. The van der Waals surface area contributed by atoms with Crippen molar-refractivity contribution in [3.63, 3.8) is 0 Å². The summed E-state index contributed by atoms with van der Waals surface area (Å²) in [6.07, 6.45) is 3.19. The molecule has 0 spiro atoms. The number of nitrogens with zero attached hydrogens (tertiary/aromatic N) is 1. The smallest absolute Gasteiger partial charge is 0.119 e. The fourth-order valence-electron chi connectivity index (χ4n) is 5.98. The highest BCUT2D eigenvalue weighted by molar-refractivity contribution is 6.02. The summed E-state index contributed by atoms with van der Waals surface area (Å²) in [7, 11) is 1.74. The Kier molecular flexibility index (Phi) is 10.2. The maximum Gasteiger partial charge on any atom is 0.119 e. The van der Waals surface area contributed by atoms with Gasteiger partial charge >= 0.3 is 0 Å². The Bertz CT molecular complexity index is 1440. The van der Waals surface area contributed by atoms with Crippen LogP contribution in [-0.4, -0.2) is 36.8 Å². The standard InChI is InChI=1S/C32H33FN2O.2C2H6/c1-21-6-3-4-8-28(21)30-9-5-7-23-16-27(36-2)11-12-29(23)32(30)24-10-13-31-25(14-24)15-26(34-31)20-35-18-22(17-33)19-35;2*1-2/h3-4,6,8,10-16,22,34H,5,7,9,17-20H2,1-2H3;2*1-2H3. The van der Waals surface area contributed by atoms with Gasteiger partial charge in [-0.25, -0.2) is 0 Å². The summed E-state index contributed by atoms with van der Waals surface area (Å²) in [6, 6.07) is 24.4. The number of likely N-dealkylation sites (tertiary alicyclic amines) is 1. The molecule has 6 rings (SSSR count). The summed E-state index contributed by atoms with van der Waals surface area (Å²) in [4.78, 5) is 5.90. The summed E-state index contributed by atoms with van der Waals surface area (Å²) in [5.74, 6) is 1.13. The number of aromatic amines is 1. The number of aromatic nitrogens is 1. The van der Waals surface area contributed by atoms with Crippen molar-refractivity contribution >= 4 is 22.0 Å². The molecule has 0 radical (unpaired) electrons. The van der Waals surface area contributed by atoms with Gasteiger partial charge in [-0.15, -0.1) is 0 Å². The zero-order valence-corrected chi connectivity index (χ0v) is 25.1. The van der Waals surface area contributed by atoms with Crippen molar-refractivity contribution in [3.05, 3.63) is 100 Å². The number of benzene rings is 3. The number of aryl methyl sites for hydroxylation is 2. The minimum absolute atomic E-state index is 0.210. The van der Waals surface area contributed by atoms with Gasteiger partial charge in [0.1, 0.15) is 5.75 Å². The second-order valence-corrected chi connectivity index (χ2v) is 10.4. The Morgan fingerprint density at radius 1 is 0.900 bits per heavy atom. The number of rotatable bonds is 6. The summed E-state index contributed by atoms with van der Waals surface area (Å²) in [5.41, 5.74) is 11.7. The lowest BCUT2D eigenvalue weighted by molar-refractivity contribution is 0.0728. The highest BCUT2D eigenvalue weighted by atomic mass is 19.1. The second kappa shape index (κ2) is 13.8. The molecule has 1 aromatic heterocycles. The lowest BCUT2D eigenvalue weighted by Gasteiger charge is -2.37. The molecule has 0 unspecified atom stereocenters. The van der Waals surface area contributed by atoms with E-state index >= 15 is 0 Å². The molecule has 1 aliphatic carbocycles. The van der Waals surface area contributed by atoms with E-state index < -0.39 is 0 Å². The molecule has 1 saturated heterocycles. The van der Waals surface area contributed by atoms with Gasteiger partial charge in [-0.1, -0.05) is 64.1 Å². The van der Waals surface area contributed by atoms with Crippen molar-refractivity contribution < 1.29 is 9.13 Å². The van der Waals surface area contributed by atoms with E-state index in [1.807, 2.05) is 27.7 Å². The van der Waals surface area contributed by atoms with E-state index in [1.165, 1.54) is 50.0 Å². The van der Waals surface area contributed by atoms with E-state index in [2.05, 4.69) is 83.5 Å². The van der Waals surface area contributed by atoms with Crippen LogP contribution >= 0.6 is 0 Å². The van der Waals surface area contributed by atoms with Crippen LogP contribution < -0.4 is 4.74 Å². The molecule has 0 bridgehead atoms. The Labute approximate surface area is 240 Å². The topological polar surface area (TPSA) is 28.3 Å². The van der Waals surface area contributed by atoms with E-state index in [9.17, 15) is 4.39 Å². The number of ether oxygens (including phenoxy) is 1. The van der Waals surface area contributed by atoms with Crippen LogP contribution in [0, 0.1) is 12.8 Å². The van der Waals surface area contributed by atoms with Crippen molar-refractivity contribution in [1.82, 2.24) is 9.88 Å². The predicted molar refractivity (Wildman–Crippen MR) is 169 cm³/mol. The van der Waals surface area contributed by atoms with Gasteiger partial charge in [0.25, 0.3) is 0 Å². The molecule has 3 aromatic carbocycles. The van der Waals surface area contributed by atoms with Crippen molar-refractivity contribution in [2.75, 3.05) is 26.9 Å². The number of fused-ring (bicyclic) bond motifs is 2. The van der Waals surface area contributed by atoms with Crippen LogP contribution in [0.3, 0.4) is 0 Å². The van der Waals surface area contributed by atoms with Gasteiger partial charge in [0.15, 0.2) is 0 Å². The largest absolute Gasteiger partial charge is 0.497 e. The van der Waals surface area contributed by atoms with E-state index in [0.29, 0.717) is 0 Å². The predicted octanol–water partition coefficient (Wildman–Crippen LogP) is 9.23. The third-order valence-electron chi connectivity index (χ3n) is 7.84. The fourth-order valence-corrected chi connectivity index (χ4v) is 5.98. The van der Waals surface area contributed by atoms with Crippen LogP contribution in [0.4, 0.5) is 4.39 Å². The molecule has 0 atom stereocenters. The number of allylic oxidation sites excluding steroid dienone is 1. The Hall–Kier alpha value is -3.37. The van der Waals surface area contributed by atoms with Crippen LogP contribution in [0.2, 0.25) is 0 Å². The first-order valence-corrected chi connectivity index (χ1v) is 15.0. The van der Waals surface area contributed by atoms with Crippen molar-refractivity contribution in [2.45, 2.75) is 60.4 Å². The Morgan fingerprint density at radius 2 is 1.68 bits per heavy atom.